The second kappa shape index (κ2) is 6.52. The van der Waals surface area contributed by atoms with Gasteiger partial charge in [0.25, 0.3) is 0 Å². The molecule has 0 aliphatic carbocycles. The maximum atomic E-state index is 11.7. The standard InChI is InChI=1S/C14H21NO2/c1-14(2,11-15)13(16)8-9-17-10-12-6-4-3-5-7-12/h3-7H,8-11,15H2,1-2H3. The zero-order valence-corrected chi connectivity index (χ0v) is 10.6. The molecule has 0 aromatic heterocycles. The van der Waals surface area contributed by atoms with Crippen molar-refractivity contribution in [1.82, 2.24) is 0 Å². The van der Waals surface area contributed by atoms with Crippen molar-refractivity contribution < 1.29 is 9.53 Å². The van der Waals surface area contributed by atoms with Crippen LogP contribution in [0.15, 0.2) is 30.3 Å². The highest BCUT2D eigenvalue weighted by molar-refractivity contribution is 5.84. The summed E-state index contributed by atoms with van der Waals surface area (Å²) in [6.07, 6.45) is 0.428. The molecule has 0 radical (unpaired) electrons. The van der Waals surface area contributed by atoms with Gasteiger partial charge in [-0.3, -0.25) is 4.79 Å². The lowest BCUT2D eigenvalue weighted by Crippen LogP contribution is -2.33. The lowest BCUT2D eigenvalue weighted by atomic mass is 9.87. The molecule has 0 unspecified atom stereocenters. The molecule has 0 bridgehead atoms. The van der Waals surface area contributed by atoms with Crippen molar-refractivity contribution in [1.29, 1.82) is 0 Å². The molecule has 0 aliphatic heterocycles. The van der Waals surface area contributed by atoms with Crippen molar-refractivity contribution in [3.05, 3.63) is 35.9 Å². The van der Waals surface area contributed by atoms with Crippen LogP contribution in [0.3, 0.4) is 0 Å². The second-order valence-corrected chi connectivity index (χ2v) is 4.80. The van der Waals surface area contributed by atoms with Crippen molar-refractivity contribution in [3.63, 3.8) is 0 Å². The smallest absolute Gasteiger partial charge is 0.142 e. The molecule has 0 amide bonds. The molecule has 1 rings (SSSR count). The highest BCUT2D eigenvalue weighted by atomic mass is 16.5. The number of hydrogen-bond donors (Lipinski definition) is 1. The Morgan fingerprint density at radius 2 is 1.94 bits per heavy atom. The molecule has 0 saturated carbocycles. The van der Waals surface area contributed by atoms with Crippen LogP contribution in [0, 0.1) is 5.41 Å². The van der Waals surface area contributed by atoms with Crippen molar-refractivity contribution in [2.24, 2.45) is 11.1 Å². The first-order valence-corrected chi connectivity index (χ1v) is 5.91. The minimum Gasteiger partial charge on any atom is -0.376 e. The zero-order valence-electron chi connectivity index (χ0n) is 10.6. The van der Waals surface area contributed by atoms with Crippen LogP contribution in [-0.4, -0.2) is 18.9 Å². The number of nitrogens with two attached hydrogens (primary N) is 1. The summed E-state index contributed by atoms with van der Waals surface area (Å²) >= 11 is 0. The zero-order chi connectivity index (χ0) is 12.7. The van der Waals surface area contributed by atoms with Crippen molar-refractivity contribution in [2.45, 2.75) is 26.9 Å². The highest BCUT2D eigenvalue weighted by Gasteiger charge is 2.24. The van der Waals surface area contributed by atoms with Gasteiger partial charge in [0.2, 0.25) is 0 Å². The fourth-order valence-corrected chi connectivity index (χ4v) is 1.38. The molecule has 0 fully saturated rings. The summed E-state index contributed by atoms with van der Waals surface area (Å²) in [5.41, 5.74) is 6.23. The van der Waals surface area contributed by atoms with Gasteiger partial charge in [-0.15, -0.1) is 0 Å². The van der Waals surface area contributed by atoms with E-state index in [1.165, 1.54) is 0 Å². The topological polar surface area (TPSA) is 52.3 Å². The Bertz CT molecular complexity index is 346. The molecule has 0 aliphatic rings. The molecule has 0 spiro atoms. The lowest BCUT2D eigenvalue weighted by molar-refractivity contribution is -0.127. The number of ketones is 1. The molecular formula is C14H21NO2. The first kappa shape index (κ1) is 13.9. The number of ether oxygens (including phenoxy) is 1. The Hall–Kier alpha value is -1.19. The molecular weight excluding hydrogens is 214 g/mol. The Labute approximate surface area is 103 Å². The van der Waals surface area contributed by atoms with Gasteiger partial charge in [-0.05, 0) is 5.56 Å². The van der Waals surface area contributed by atoms with Gasteiger partial charge in [0, 0.05) is 18.4 Å². The number of carbonyl (C=O) groups excluding carboxylic acids is 1. The van der Waals surface area contributed by atoms with E-state index in [0.717, 1.165) is 5.56 Å². The van der Waals surface area contributed by atoms with Crippen LogP contribution in [0.4, 0.5) is 0 Å². The molecule has 94 valence electrons. The van der Waals surface area contributed by atoms with Gasteiger partial charge in [-0.2, -0.15) is 0 Å². The molecule has 0 saturated heterocycles. The largest absolute Gasteiger partial charge is 0.376 e. The predicted molar refractivity (Wildman–Crippen MR) is 68.6 cm³/mol. The first-order valence-electron chi connectivity index (χ1n) is 5.91. The third kappa shape index (κ3) is 4.67. The summed E-state index contributed by atoms with van der Waals surface area (Å²) in [5.74, 6) is 0.160. The molecule has 1 aromatic rings. The third-order valence-corrected chi connectivity index (χ3v) is 2.85. The fourth-order valence-electron chi connectivity index (χ4n) is 1.38. The molecule has 0 heterocycles. The van der Waals surface area contributed by atoms with E-state index in [2.05, 4.69) is 0 Å². The van der Waals surface area contributed by atoms with E-state index in [4.69, 9.17) is 10.5 Å². The van der Waals surface area contributed by atoms with Crippen LogP contribution in [0.1, 0.15) is 25.8 Å². The molecule has 3 heteroatoms. The van der Waals surface area contributed by atoms with Gasteiger partial charge < -0.3 is 10.5 Å². The predicted octanol–water partition coefficient (Wildman–Crippen LogP) is 2.15. The van der Waals surface area contributed by atoms with Crippen LogP contribution < -0.4 is 5.73 Å². The van der Waals surface area contributed by atoms with Gasteiger partial charge in [-0.25, -0.2) is 0 Å². The van der Waals surface area contributed by atoms with Crippen LogP contribution in [0.5, 0.6) is 0 Å². The SMILES string of the molecule is CC(C)(CN)C(=O)CCOCc1ccccc1. The van der Waals surface area contributed by atoms with Gasteiger partial charge in [0.1, 0.15) is 5.78 Å². The van der Waals surface area contributed by atoms with Crippen LogP contribution in [-0.2, 0) is 16.1 Å². The normalized spacial score (nSPS) is 11.5. The lowest BCUT2D eigenvalue weighted by Gasteiger charge is -2.20. The average Bonchev–Trinajstić information content (AvgIpc) is 2.35. The van der Waals surface area contributed by atoms with E-state index < -0.39 is 5.41 Å². The van der Waals surface area contributed by atoms with Gasteiger partial charge >= 0.3 is 0 Å². The number of carbonyl (C=O) groups is 1. The minimum absolute atomic E-state index is 0.160. The summed E-state index contributed by atoms with van der Waals surface area (Å²) in [4.78, 5) is 11.7. The summed E-state index contributed by atoms with van der Waals surface area (Å²) < 4.78 is 5.47. The fraction of sp³-hybridized carbons (Fsp3) is 0.500. The monoisotopic (exact) mass is 235 g/mol. The van der Waals surface area contributed by atoms with Crippen molar-refractivity contribution in [2.75, 3.05) is 13.2 Å². The average molecular weight is 235 g/mol. The Morgan fingerprint density at radius 3 is 2.53 bits per heavy atom. The van der Waals surface area contributed by atoms with Crippen LogP contribution >= 0.6 is 0 Å². The summed E-state index contributed by atoms with van der Waals surface area (Å²) in [6.45, 7) is 5.12. The molecule has 3 nitrogen and oxygen atoms in total. The van der Waals surface area contributed by atoms with E-state index in [1.807, 2.05) is 44.2 Å². The number of benzene rings is 1. The molecule has 1 aromatic carbocycles. The van der Waals surface area contributed by atoms with Crippen LogP contribution in [0.25, 0.3) is 0 Å². The van der Waals surface area contributed by atoms with E-state index in [0.29, 0.717) is 26.2 Å². The number of Topliss-reactive ketones (excluding diaryl/α,β-unsaturated/α-hetero) is 1. The van der Waals surface area contributed by atoms with E-state index in [9.17, 15) is 4.79 Å². The Kier molecular flexibility index (Phi) is 5.32. The maximum Gasteiger partial charge on any atom is 0.142 e. The summed E-state index contributed by atoms with van der Waals surface area (Å²) in [6, 6.07) is 9.93. The quantitative estimate of drug-likeness (QED) is 0.737. The van der Waals surface area contributed by atoms with Gasteiger partial charge in [0.05, 0.1) is 13.2 Å². The molecule has 0 atom stereocenters. The van der Waals surface area contributed by atoms with Gasteiger partial charge in [-0.1, -0.05) is 44.2 Å². The number of rotatable bonds is 7. The van der Waals surface area contributed by atoms with Crippen molar-refractivity contribution >= 4 is 5.78 Å². The first-order chi connectivity index (χ1) is 8.06. The van der Waals surface area contributed by atoms with E-state index in [1.54, 1.807) is 0 Å². The second-order valence-electron chi connectivity index (χ2n) is 4.80. The van der Waals surface area contributed by atoms with Gasteiger partial charge in [0.15, 0.2) is 0 Å². The molecule has 17 heavy (non-hydrogen) atoms. The Morgan fingerprint density at radius 1 is 1.29 bits per heavy atom. The maximum absolute atomic E-state index is 11.7. The van der Waals surface area contributed by atoms with Crippen molar-refractivity contribution in [3.8, 4) is 0 Å². The highest BCUT2D eigenvalue weighted by Crippen LogP contribution is 2.16. The van der Waals surface area contributed by atoms with E-state index >= 15 is 0 Å². The number of hydrogen-bond acceptors (Lipinski definition) is 3. The molecule has 2 N–H and O–H groups in total. The van der Waals surface area contributed by atoms with Crippen LogP contribution in [0.2, 0.25) is 0 Å². The summed E-state index contributed by atoms with van der Waals surface area (Å²) in [5, 5.41) is 0. The summed E-state index contributed by atoms with van der Waals surface area (Å²) in [7, 11) is 0. The minimum atomic E-state index is -0.434. The van der Waals surface area contributed by atoms with E-state index in [-0.39, 0.29) is 5.78 Å². The third-order valence-electron chi connectivity index (χ3n) is 2.85. The Balaban J connectivity index is 2.23.